The van der Waals surface area contributed by atoms with Gasteiger partial charge in [0, 0.05) is 0 Å². The molecule has 0 saturated heterocycles. The van der Waals surface area contributed by atoms with Gasteiger partial charge in [-0.05, 0) is 26.2 Å². The van der Waals surface area contributed by atoms with Crippen molar-refractivity contribution in [1.29, 1.82) is 0 Å². The molecule has 0 heterocycles. The Morgan fingerprint density at radius 3 is 1.93 bits per heavy atom. The first-order valence-electron chi connectivity index (χ1n) is 6.74. The normalized spacial score (nSPS) is 14.2. The van der Waals surface area contributed by atoms with Gasteiger partial charge in [0.25, 0.3) is 0 Å². The predicted octanol–water partition coefficient (Wildman–Crippen LogP) is 4.53. The monoisotopic (exact) mass is 214 g/mol. The van der Waals surface area contributed by atoms with Gasteiger partial charge < -0.3 is 5.11 Å². The van der Waals surface area contributed by atoms with Crippen LogP contribution >= 0.6 is 0 Å². The van der Waals surface area contributed by atoms with Crippen molar-refractivity contribution in [3.63, 3.8) is 0 Å². The number of hydrogen-bond acceptors (Lipinski definition) is 1. The van der Waals surface area contributed by atoms with Crippen molar-refractivity contribution < 1.29 is 5.11 Å². The molecule has 1 N–H and O–H groups in total. The number of rotatable bonds is 9. The number of aliphatic hydroxyl groups is 1. The molecule has 1 atom stereocenters. The number of hydrogen-bond donors (Lipinski definition) is 1. The molecule has 0 saturated carbocycles. The molecule has 0 spiro atoms. The smallest absolute Gasteiger partial charge is 0.0619 e. The fourth-order valence-corrected chi connectivity index (χ4v) is 2.23. The Hall–Kier alpha value is -0.0400. The first kappa shape index (κ1) is 15.0. The summed E-state index contributed by atoms with van der Waals surface area (Å²) in [4.78, 5) is 0. The highest BCUT2D eigenvalue weighted by Crippen LogP contribution is 2.25. The van der Waals surface area contributed by atoms with Gasteiger partial charge in [0.15, 0.2) is 0 Å². The molecule has 0 aliphatic rings. The molecule has 1 heteroatoms. The van der Waals surface area contributed by atoms with Crippen molar-refractivity contribution in [1.82, 2.24) is 0 Å². The second-order valence-corrected chi connectivity index (χ2v) is 5.32. The van der Waals surface area contributed by atoms with Crippen LogP contribution in [0.3, 0.4) is 0 Å². The van der Waals surface area contributed by atoms with Crippen LogP contribution in [0.15, 0.2) is 0 Å². The van der Waals surface area contributed by atoms with E-state index in [0.717, 1.165) is 6.42 Å². The van der Waals surface area contributed by atoms with Crippen molar-refractivity contribution in [2.75, 3.05) is 0 Å². The summed E-state index contributed by atoms with van der Waals surface area (Å²) in [6.45, 7) is 8.32. The lowest BCUT2D eigenvalue weighted by molar-refractivity contribution is 0.0104. The van der Waals surface area contributed by atoms with Gasteiger partial charge in [-0.2, -0.15) is 0 Å². The van der Waals surface area contributed by atoms with E-state index in [4.69, 9.17) is 0 Å². The van der Waals surface area contributed by atoms with E-state index in [-0.39, 0.29) is 0 Å². The first-order valence-corrected chi connectivity index (χ1v) is 6.74. The molecule has 0 aromatic carbocycles. The topological polar surface area (TPSA) is 20.2 Å². The predicted molar refractivity (Wildman–Crippen MR) is 68.1 cm³/mol. The van der Waals surface area contributed by atoms with E-state index < -0.39 is 5.60 Å². The van der Waals surface area contributed by atoms with Crippen LogP contribution in [0.25, 0.3) is 0 Å². The van der Waals surface area contributed by atoms with Crippen LogP contribution in [-0.4, -0.2) is 10.7 Å². The molecule has 0 aliphatic carbocycles. The van der Waals surface area contributed by atoms with Crippen LogP contribution in [-0.2, 0) is 0 Å². The standard InChI is InChI=1S/C14H30O/c1-5-7-8-9-10-11-12-13(6-2)14(3,4)15/h13,15H,5-12H2,1-4H3. The van der Waals surface area contributed by atoms with Crippen LogP contribution in [0, 0.1) is 5.92 Å². The third-order valence-corrected chi connectivity index (χ3v) is 3.40. The molecular weight excluding hydrogens is 184 g/mol. The zero-order valence-corrected chi connectivity index (χ0v) is 11.2. The van der Waals surface area contributed by atoms with Gasteiger partial charge in [-0.1, -0.05) is 58.8 Å². The van der Waals surface area contributed by atoms with Crippen LogP contribution in [0.2, 0.25) is 0 Å². The molecule has 0 amide bonds. The minimum absolute atomic E-state index is 0.476. The third kappa shape index (κ3) is 7.84. The van der Waals surface area contributed by atoms with Crippen molar-refractivity contribution in [3.05, 3.63) is 0 Å². The Bertz CT molecular complexity index is 135. The van der Waals surface area contributed by atoms with Gasteiger partial charge in [0.05, 0.1) is 5.60 Å². The van der Waals surface area contributed by atoms with E-state index in [2.05, 4.69) is 13.8 Å². The summed E-state index contributed by atoms with van der Waals surface area (Å²) in [5, 5.41) is 9.92. The molecule has 1 unspecified atom stereocenters. The van der Waals surface area contributed by atoms with Gasteiger partial charge in [-0.3, -0.25) is 0 Å². The lowest BCUT2D eigenvalue weighted by Gasteiger charge is -2.28. The Labute approximate surface area is 96.3 Å². The summed E-state index contributed by atoms with van der Waals surface area (Å²) in [6.07, 6.45) is 10.4. The molecule has 92 valence electrons. The third-order valence-electron chi connectivity index (χ3n) is 3.40. The summed E-state index contributed by atoms with van der Waals surface area (Å²) in [7, 11) is 0. The quantitative estimate of drug-likeness (QED) is 0.559. The number of unbranched alkanes of at least 4 members (excludes halogenated alkanes) is 5. The van der Waals surface area contributed by atoms with Crippen molar-refractivity contribution in [2.24, 2.45) is 5.92 Å². The Balaban J connectivity index is 3.48. The fraction of sp³-hybridized carbons (Fsp3) is 1.00. The van der Waals surface area contributed by atoms with Crippen molar-refractivity contribution >= 4 is 0 Å². The maximum atomic E-state index is 9.92. The zero-order valence-electron chi connectivity index (χ0n) is 11.2. The lowest BCUT2D eigenvalue weighted by Crippen LogP contribution is -2.30. The maximum absolute atomic E-state index is 9.92. The Morgan fingerprint density at radius 2 is 1.47 bits per heavy atom. The molecular formula is C14H30O. The molecule has 0 fully saturated rings. The maximum Gasteiger partial charge on any atom is 0.0619 e. The van der Waals surface area contributed by atoms with Crippen LogP contribution in [0.1, 0.15) is 79.1 Å². The molecule has 0 aromatic rings. The fourth-order valence-electron chi connectivity index (χ4n) is 2.23. The first-order chi connectivity index (χ1) is 7.02. The summed E-state index contributed by atoms with van der Waals surface area (Å²) in [6, 6.07) is 0. The summed E-state index contributed by atoms with van der Waals surface area (Å²) in [5.74, 6) is 0.476. The van der Waals surface area contributed by atoms with E-state index in [0.29, 0.717) is 5.92 Å². The van der Waals surface area contributed by atoms with Gasteiger partial charge >= 0.3 is 0 Å². The van der Waals surface area contributed by atoms with Crippen LogP contribution in [0.5, 0.6) is 0 Å². The largest absolute Gasteiger partial charge is 0.390 e. The molecule has 0 aromatic heterocycles. The average molecular weight is 214 g/mol. The van der Waals surface area contributed by atoms with Gasteiger partial charge in [-0.15, -0.1) is 0 Å². The SMILES string of the molecule is CCCCCCCCC(CC)C(C)(C)O. The minimum Gasteiger partial charge on any atom is -0.390 e. The summed E-state index contributed by atoms with van der Waals surface area (Å²) >= 11 is 0. The summed E-state index contributed by atoms with van der Waals surface area (Å²) < 4.78 is 0. The van der Waals surface area contributed by atoms with Gasteiger partial charge in [-0.25, -0.2) is 0 Å². The highest BCUT2D eigenvalue weighted by molar-refractivity contribution is 4.75. The highest BCUT2D eigenvalue weighted by Gasteiger charge is 2.23. The molecule has 1 nitrogen and oxygen atoms in total. The van der Waals surface area contributed by atoms with Gasteiger partial charge in [0.2, 0.25) is 0 Å². The molecule has 0 rings (SSSR count). The van der Waals surface area contributed by atoms with Crippen molar-refractivity contribution in [3.8, 4) is 0 Å². The average Bonchev–Trinajstić information content (AvgIpc) is 2.15. The van der Waals surface area contributed by atoms with Crippen LogP contribution < -0.4 is 0 Å². The second-order valence-electron chi connectivity index (χ2n) is 5.32. The molecule has 0 radical (unpaired) electrons. The van der Waals surface area contributed by atoms with E-state index in [1.165, 1.54) is 44.9 Å². The lowest BCUT2D eigenvalue weighted by atomic mass is 9.84. The Morgan fingerprint density at radius 1 is 0.933 bits per heavy atom. The molecule has 15 heavy (non-hydrogen) atoms. The minimum atomic E-state index is -0.488. The zero-order chi connectivity index (χ0) is 11.7. The van der Waals surface area contributed by atoms with E-state index >= 15 is 0 Å². The van der Waals surface area contributed by atoms with E-state index in [1.807, 2.05) is 13.8 Å². The van der Waals surface area contributed by atoms with Gasteiger partial charge in [0.1, 0.15) is 0 Å². The second kappa shape index (κ2) is 8.15. The van der Waals surface area contributed by atoms with Crippen LogP contribution in [0.4, 0.5) is 0 Å². The molecule has 0 bridgehead atoms. The van der Waals surface area contributed by atoms with E-state index in [9.17, 15) is 5.11 Å². The Kier molecular flexibility index (Phi) is 8.13. The summed E-state index contributed by atoms with van der Waals surface area (Å²) in [5.41, 5.74) is -0.488. The molecule has 0 aliphatic heterocycles. The van der Waals surface area contributed by atoms with Crippen molar-refractivity contribution in [2.45, 2.75) is 84.7 Å². The van der Waals surface area contributed by atoms with E-state index in [1.54, 1.807) is 0 Å². The highest BCUT2D eigenvalue weighted by atomic mass is 16.3.